The molecule has 0 aromatic carbocycles. The van der Waals surface area contributed by atoms with E-state index < -0.39 is 0 Å². The Bertz CT molecular complexity index is 188. The average Bonchev–Trinajstić information content (AvgIpc) is 2.34. The molecule has 0 aromatic rings. The van der Waals surface area contributed by atoms with E-state index in [2.05, 4.69) is 39.8 Å². The van der Waals surface area contributed by atoms with E-state index in [1.165, 1.54) is 70.6 Å². The lowest BCUT2D eigenvalue weighted by Gasteiger charge is -2.04. The Kier molecular flexibility index (Phi) is 14.0. The topological polar surface area (TPSA) is 0 Å². The molecule has 0 unspecified atom stereocenters. The van der Waals surface area contributed by atoms with Gasteiger partial charge in [-0.15, -0.1) is 0 Å². The van der Waals surface area contributed by atoms with Crippen LogP contribution in [0.15, 0.2) is 12.2 Å². The predicted octanol–water partition coefficient (Wildman–Crippen LogP) is 7.15. The minimum Gasteiger partial charge on any atom is -0.0885 e. The molecule has 0 nitrogen and oxygen atoms in total. The first kappa shape index (κ1) is 18.7. The second kappa shape index (κ2) is 14.2. The smallest absolute Gasteiger partial charge is 0.0351 e. The van der Waals surface area contributed by atoms with Crippen LogP contribution in [0.3, 0.4) is 0 Å². The summed E-state index contributed by atoms with van der Waals surface area (Å²) in [6, 6.07) is 0. The maximum Gasteiger partial charge on any atom is -0.0351 e. The van der Waals surface area contributed by atoms with Crippen molar-refractivity contribution in [3.05, 3.63) is 12.2 Å². The molecule has 0 saturated heterocycles. The van der Waals surface area contributed by atoms with Gasteiger partial charge in [-0.25, -0.2) is 0 Å². The molecule has 0 fully saturated rings. The second-order valence-electron chi connectivity index (χ2n) is 6.89. The Balaban J connectivity index is 3.08. The van der Waals surface area contributed by atoms with E-state index in [4.69, 9.17) is 0 Å². The van der Waals surface area contributed by atoms with Gasteiger partial charge in [-0.2, -0.15) is 0 Å². The van der Waals surface area contributed by atoms with Crippen molar-refractivity contribution in [2.75, 3.05) is 0 Å². The first-order valence-corrected chi connectivity index (χ1v) is 8.78. The van der Waals surface area contributed by atoms with Gasteiger partial charge in [0.1, 0.15) is 0 Å². The molecule has 0 radical (unpaired) electrons. The second-order valence-corrected chi connectivity index (χ2v) is 6.89. The summed E-state index contributed by atoms with van der Waals surface area (Å²) in [4.78, 5) is 0. The summed E-state index contributed by atoms with van der Waals surface area (Å²) in [7, 11) is 0. The van der Waals surface area contributed by atoms with Crippen molar-refractivity contribution < 1.29 is 0 Å². The summed E-state index contributed by atoms with van der Waals surface area (Å²) < 4.78 is 0. The minimum absolute atomic E-state index is 0.865. The van der Waals surface area contributed by atoms with Gasteiger partial charge in [-0.1, -0.05) is 84.8 Å². The van der Waals surface area contributed by atoms with Crippen LogP contribution in [0, 0.1) is 11.8 Å². The summed E-state index contributed by atoms with van der Waals surface area (Å²) in [5, 5.41) is 0. The van der Waals surface area contributed by atoms with Gasteiger partial charge in [-0.3, -0.25) is 0 Å². The molecule has 0 aliphatic heterocycles. The Morgan fingerprint density at radius 1 is 0.526 bits per heavy atom. The molecule has 0 heteroatoms. The SMILES string of the molecule is CC(C)CCC/C=C\CCCCCCCCC(C)C. The Labute approximate surface area is 123 Å². The van der Waals surface area contributed by atoms with Gasteiger partial charge in [-0.05, 0) is 37.5 Å². The van der Waals surface area contributed by atoms with Crippen LogP contribution in [0.1, 0.15) is 98.3 Å². The van der Waals surface area contributed by atoms with Crippen LogP contribution in [-0.2, 0) is 0 Å². The third-order valence-corrected chi connectivity index (χ3v) is 3.72. The summed E-state index contributed by atoms with van der Waals surface area (Å²) in [6.07, 6.45) is 20.1. The van der Waals surface area contributed by atoms with Crippen LogP contribution < -0.4 is 0 Å². The van der Waals surface area contributed by atoms with E-state index in [9.17, 15) is 0 Å². The van der Waals surface area contributed by atoms with Crippen molar-refractivity contribution in [2.24, 2.45) is 11.8 Å². The molecule has 0 N–H and O–H groups in total. The molecule has 0 spiro atoms. The van der Waals surface area contributed by atoms with Crippen molar-refractivity contribution in [3.8, 4) is 0 Å². The van der Waals surface area contributed by atoms with E-state index in [0.29, 0.717) is 0 Å². The van der Waals surface area contributed by atoms with Crippen LogP contribution in [-0.4, -0.2) is 0 Å². The first-order valence-electron chi connectivity index (χ1n) is 8.78. The number of hydrogen-bond donors (Lipinski definition) is 0. The van der Waals surface area contributed by atoms with Crippen molar-refractivity contribution in [3.63, 3.8) is 0 Å². The fraction of sp³-hybridized carbons (Fsp3) is 0.895. The molecule has 0 atom stereocenters. The third kappa shape index (κ3) is 17.7. The highest BCUT2D eigenvalue weighted by atomic mass is 14.0. The van der Waals surface area contributed by atoms with Crippen LogP contribution in [0.4, 0.5) is 0 Å². The monoisotopic (exact) mass is 266 g/mol. The highest BCUT2D eigenvalue weighted by Crippen LogP contribution is 2.12. The summed E-state index contributed by atoms with van der Waals surface area (Å²) in [6.45, 7) is 9.27. The summed E-state index contributed by atoms with van der Waals surface area (Å²) in [5.41, 5.74) is 0. The standard InChI is InChI=1S/C19H38/c1-18(2)16-14-12-10-8-6-5-7-9-11-13-15-17-19(3)4/h8,10,18-19H,5-7,9,11-17H2,1-4H3/b10-8-. The zero-order chi connectivity index (χ0) is 14.3. The lowest BCUT2D eigenvalue weighted by atomic mass is 10.0. The highest BCUT2D eigenvalue weighted by molar-refractivity contribution is 4.81. The van der Waals surface area contributed by atoms with Gasteiger partial charge in [0.05, 0.1) is 0 Å². The molecule has 0 aliphatic carbocycles. The van der Waals surface area contributed by atoms with Gasteiger partial charge in [0.15, 0.2) is 0 Å². The fourth-order valence-corrected chi connectivity index (χ4v) is 2.40. The molecule has 114 valence electrons. The van der Waals surface area contributed by atoms with Crippen molar-refractivity contribution >= 4 is 0 Å². The molecule has 0 heterocycles. The predicted molar refractivity (Wildman–Crippen MR) is 89.6 cm³/mol. The van der Waals surface area contributed by atoms with E-state index in [-0.39, 0.29) is 0 Å². The molecule has 0 aromatic heterocycles. The zero-order valence-corrected chi connectivity index (χ0v) is 14.1. The summed E-state index contributed by atoms with van der Waals surface area (Å²) >= 11 is 0. The highest BCUT2D eigenvalue weighted by Gasteiger charge is 1.94. The normalized spacial score (nSPS) is 12.1. The van der Waals surface area contributed by atoms with Crippen molar-refractivity contribution in [1.29, 1.82) is 0 Å². The molecular weight excluding hydrogens is 228 g/mol. The van der Waals surface area contributed by atoms with Gasteiger partial charge < -0.3 is 0 Å². The van der Waals surface area contributed by atoms with Crippen molar-refractivity contribution in [1.82, 2.24) is 0 Å². The van der Waals surface area contributed by atoms with Crippen LogP contribution in [0.25, 0.3) is 0 Å². The molecular formula is C19H38. The van der Waals surface area contributed by atoms with Crippen LogP contribution in [0.5, 0.6) is 0 Å². The summed E-state index contributed by atoms with van der Waals surface area (Å²) in [5.74, 6) is 1.75. The van der Waals surface area contributed by atoms with E-state index >= 15 is 0 Å². The number of rotatable bonds is 13. The maximum atomic E-state index is 2.40. The largest absolute Gasteiger partial charge is 0.0885 e. The van der Waals surface area contributed by atoms with Gasteiger partial charge in [0.2, 0.25) is 0 Å². The minimum atomic E-state index is 0.865. The van der Waals surface area contributed by atoms with Gasteiger partial charge >= 0.3 is 0 Å². The van der Waals surface area contributed by atoms with Gasteiger partial charge in [0.25, 0.3) is 0 Å². The number of hydrogen-bond acceptors (Lipinski definition) is 0. The molecule has 0 bridgehead atoms. The first-order chi connectivity index (χ1) is 9.13. The Morgan fingerprint density at radius 3 is 1.53 bits per heavy atom. The lowest BCUT2D eigenvalue weighted by molar-refractivity contribution is 0.512. The Hall–Kier alpha value is -0.260. The maximum absolute atomic E-state index is 2.40. The molecule has 0 amide bonds. The van der Waals surface area contributed by atoms with Crippen molar-refractivity contribution in [2.45, 2.75) is 98.3 Å². The fourth-order valence-electron chi connectivity index (χ4n) is 2.40. The number of allylic oxidation sites excluding steroid dienone is 2. The Morgan fingerprint density at radius 2 is 0.947 bits per heavy atom. The van der Waals surface area contributed by atoms with Crippen LogP contribution in [0.2, 0.25) is 0 Å². The van der Waals surface area contributed by atoms with E-state index in [0.717, 1.165) is 11.8 Å². The number of unbranched alkanes of at least 4 members (excludes halogenated alkanes) is 7. The van der Waals surface area contributed by atoms with E-state index in [1.54, 1.807) is 0 Å². The van der Waals surface area contributed by atoms with Gasteiger partial charge in [0, 0.05) is 0 Å². The molecule has 0 saturated carbocycles. The van der Waals surface area contributed by atoms with E-state index in [1.807, 2.05) is 0 Å². The third-order valence-electron chi connectivity index (χ3n) is 3.72. The lowest BCUT2D eigenvalue weighted by Crippen LogP contribution is -1.87. The molecule has 0 aliphatic rings. The quantitative estimate of drug-likeness (QED) is 0.245. The molecule has 0 rings (SSSR count). The van der Waals surface area contributed by atoms with Crippen LogP contribution >= 0.6 is 0 Å². The average molecular weight is 267 g/mol. The zero-order valence-electron chi connectivity index (χ0n) is 14.1. The molecule has 19 heavy (non-hydrogen) atoms.